The molecule has 5 nitrogen and oxygen atoms in total. The van der Waals surface area contributed by atoms with Crippen molar-refractivity contribution in [1.29, 1.82) is 0 Å². The van der Waals surface area contributed by atoms with E-state index in [0.29, 0.717) is 19.7 Å². The number of ether oxygens (including phenoxy) is 1. The Morgan fingerprint density at radius 1 is 1.32 bits per heavy atom. The fourth-order valence-corrected chi connectivity index (χ4v) is 2.19. The van der Waals surface area contributed by atoms with Gasteiger partial charge >= 0.3 is 0 Å². The lowest BCUT2D eigenvalue weighted by Gasteiger charge is -2.21. The highest BCUT2D eigenvalue weighted by molar-refractivity contribution is 5.81. The van der Waals surface area contributed by atoms with Crippen LogP contribution in [0.5, 0.6) is 0 Å². The lowest BCUT2D eigenvalue weighted by molar-refractivity contribution is -0.132. The van der Waals surface area contributed by atoms with Crippen LogP contribution in [0, 0.1) is 0 Å². The van der Waals surface area contributed by atoms with E-state index in [1.807, 2.05) is 0 Å². The molecule has 0 bridgehead atoms. The van der Waals surface area contributed by atoms with Crippen molar-refractivity contribution in [1.82, 2.24) is 10.2 Å². The average Bonchev–Trinajstić information content (AvgIpc) is 2.90. The fourth-order valence-electron chi connectivity index (χ4n) is 2.19. The predicted octanol–water partition coefficient (Wildman–Crippen LogP) is 1.32. The molecule has 0 aliphatic carbocycles. The first kappa shape index (κ1) is 16.0. The van der Waals surface area contributed by atoms with Crippen LogP contribution in [0.3, 0.4) is 0 Å². The summed E-state index contributed by atoms with van der Waals surface area (Å²) in [4.78, 5) is 25.0. The molecular weight excluding hydrogens is 244 g/mol. The van der Waals surface area contributed by atoms with Gasteiger partial charge < -0.3 is 15.0 Å². The molecule has 1 aliphatic rings. The molecule has 0 aromatic heterocycles. The maximum atomic E-state index is 11.7. The van der Waals surface area contributed by atoms with E-state index < -0.39 is 0 Å². The van der Waals surface area contributed by atoms with Crippen LogP contribution in [-0.2, 0) is 14.3 Å². The minimum Gasteiger partial charge on any atom is -0.368 e. The third-order valence-corrected chi connectivity index (χ3v) is 3.38. The van der Waals surface area contributed by atoms with Gasteiger partial charge in [0, 0.05) is 33.2 Å². The molecule has 1 rings (SSSR count). The van der Waals surface area contributed by atoms with Crippen LogP contribution >= 0.6 is 0 Å². The first-order valence-electron chi connectivity index (χ1n) is 7.30. The summed E-state index contributed by atoms with van der Waals surface area (Å²) in [5, 5.41) is 2.84. The van der Waals surface area contributed by atoms with E-state index in [9.17, 15) is 9.59 Å². The molecule has 19 heavy (non-hydrogen) atoms. The summed E-state index contributed by atoms with van der Waals surface area (Å²) >= 11 is 0. The Morgan fingerprint density at radius 2 is 2.11 bits per heavy atom. The molecule has 0 spiro atoms. The largest absolute Gasteiger partial charge is 0.368 e. The summed E-state index contributed by atoms with van der Waals surface area (Å²) in [6, 6.07) is 0. The summed E-state index contributed by atoms with van der Waals surface area (Å²) < 4.78 is 5.31. The van der Waals surface area contributed by atoms with E-state index in [4.69, 9.17) is 4.74 Å². The van der Waals surface area contributed by atoms with Gasteiger partial charge in [-0.1, -0.05) is 19.8 Å². The van der Waals surface area contributed by atoms with Crippen molar-refractivity contribution in [3.8, 4) is 0 Å². The molecule has 5 heteroatoms. The maximum absolute atomic E-state index is 11.7. The van der Waals surface area contributed by atoms with Crippen molar-refractivity contribution in [3.63, 3.8) is 0 Å². The molecule has 0 radical (unpaired) electrons. The summed E-state index contributed by atoms with van der Waals surface area (Å²) in [5.74, 6) is 0.0250. The number of carbonyl (C=O) groups is 2. The third-order valence-electron chi connectivity index (χ3n) is 3.38. The molecule has 1 N–H and O–H groups in total. The van der Waals surface area contributed by atoms with Crippen LogP contribution < -0.4 is 5.32 Å². The Bertz CT molecular complexity index is 288. The highest BCUT2D eigenvalue weighted by atomic mass is 16.5. The zero-order valence-corrected chi connectivity index (χ0v) is 12.1. The number of nitrogens with zero attached hydrogens (tertiary/aromatic N) is 1. The third kappa shape index (κ3) is 6.05. The molecule has 1 atom stereocenters. The Labute approximate surface area is 115 Å². The van der Waals surface area contributed by atoms with Gasteiger partial charge in [0.15, 0.2) is 0 Å². The Hall–Kier alpha value is -1.10. The number of hydrogen-bond donors (Lipinski definition) is 1. The van der Waals surface area contributed by atoms with Crippen molar-refractivity contribution in [3.05, 3.63) is 0 Å². The zero-order valence-electron chi connectivity index (χ0n) is 12.1. The molecule has 1 fully saturated rings. The molecule has 1 aliphatic heterocycles. The van der Waals surface area contributed by atoms with Gasteiger partial charge in [0.25, 0.3) is 0 Å². The second kappa shape index (κ2) is 8.91. The summed E-state index contributed by atoms with van der Waals surface area (Å²) in [6.07, 6.45) is 4.77. The summed E-state index contributed by atoms with van der Waals surface area (Å²) in [6.45, 7) is 6.25. The summed E-state index contributed by atoms with van der Waals surface area (Å²) in [7, 11) is 0. The molecule has 0 saturated carbocycles. The SMILES string of the molecule is CCCCCN(CCNC(=O)C1CCCO1)C(C)=O. The van der Waals surface area contributed by atoms with Crippen LogP contribution in [-0.4, -0.2) is 49.1 Å². The van der Waals surface area contributed by atoms with Crippen molar-refractivity contribution in [2.75, 3.05) is 26.2 Å². The van der Waals surface area contributed by atoms with E-state index in [0.717, 1.165) is 38.6 Å². The van der Waals surface area contributed by atoms with Gasteiger partial charge in [-0.05, 0) is 19.3 Å². The molecule has 2 amide bonds. The van der Waals surface area contributed by atoms with Crippen molar-refractivity contribution in [2.24, 2.45) is 0 Å². The van der Waals surface area contributed by atoms with Gasteiger partial charge in [0.2, 0.25) is 11.8 Å². The molecule has 1 saturated heterocycles. The Kier molecular flexibility index (Phi) is 7.48. The van der Waals surface area contributed by atoms with Crippen molar-refractivity contribution in [2.45, 2.75) is 52.1 Å². The lowest BCUT2D eigenvalue weighted by Crippen LogP contribution is -2.41. The first-order valence-corrected chi connectivity index (χ1v) is 7.30. The van der Waals surface area contributed by atoms with Gasteiger partial charge in [0.1, 0.15) is 6.10 Å². The minimum atomic E-state index is -0.286. The minimum absolute atomic E-state index is 0.0467. The second-order valence-electron chi connectivity index (χ2n) is 5.01. The van der Waals surface area contributed by atoms with Crippen molar-refractivity contribution < 1.29 is 14.3 Å². The van der Waals surface area contributed by atoms with E-state index in [2.05, 4.69) is 12.2 Å². The van der Waals surface area contributed by atoms with Gasteiger partial charge in [-0.15, -0.1) is 0 Å². The molecule has 110 valence electrons. The molecule has 0 aromatic rings. The monoisotopic (exact) mass is 270 g/mol. The van der Waals surface area contributed by atoms with E-state index in [1.165, 1.54) is 0 Å². The van der Waals surface area contributed by atoms with Gasteiger partial charge in [-0.2, -0.15) is 0 Å². The number of unbranched alkanes of at least 4 members (excludes halogenated alkanes) is 2. The lowest BCUT2D eigenvalue weighted by atomic mass is 10.2. The van der Waals surface area contributed by atoms with E-state index in [1.54, 1.807) is 11.8 Å². The highest BCUT2D eigenvalue weighted by Gasteiger charge is 2.23. The number of hydrogen-bond acceptors (Lipinski definition) is 3. The molecule has 1 heterocycles. The second-order valence-corrected chi connectivity index (χ2v) is 5.01. The molecule has 1 unspecified atom stereocenters. The molecular formula is C14H26N2O3. The number of rotatable bonds is 8. The van der Waals surface area contributed by atoms with Crippen LogP contribution in [0.2, 0.25) is 0 Å². The number of amides is 2. The highest BCUT2D eigenvalue weighted by Crippen LogP contribution is 2.11. The van der Waals surface area contributed by atoms with Gasteiger partial charge in [-0.3, -0.25) is 9.59 Å². The standard InChI is InChI=1S/C14H26N2O3/c1-3-4-5-9-16(12(2)17)10-8-15-14(18)13-7-6-11-19-13/h13H,3-11H2,1-2H3,(H,15,18). The van der Waals surface area contributed by atoms with Crippen LogP contribution in [0.4, 0.5) is 0 Å². The van der Waals surface area contributed by atoms with Gasteiger partial charge in [0.05, 0.1) is 0 Å². The number of carbonyl (C=O) groups excluding carboxylic acids is 2. The van der Waals surface area contributed by atoms with Gasteiger partial charge in [-0.25, -0.2) is 0 Å². The summed E-state index contributed by atoms with van der Waals surface area (Å²) in [5.41, 5.74) is 0. The van der Waals surface area contributed by atoms with Crippen molar-refractivity contribution >= 4 is 11.8 Å². The molecule has 0 aromatic carbocycles. The fraction of sp³-hybridized carbons (Fsp3) is 0.857. The topological polar surface area (TPSA) is 58.6 Å². The smallest absolute Gasteiger partial charge is 0.249 e. The average molecular weight is 270 g/mol. The van der Waals surface area contributed by atoms with Crippen LogP contribution in [0.25, 0.3) is 0 Å². The maximum Gasteiger partial charge on any atom is 0.249 e. The van der Waals surface area contributed by atoms with E-state index >= 15 is 0 Å². The Morgan fingerprint density at radius 3 is 2.68 bits per heavy atom. The number of nitrogens with one attached hydrogen (secondary N) is 1. The Balaban J connectivity index is 2.19. The normalized spacial score (nSPS) is 18.3. The van der Waals surface area contributed by atoms with E-state index in [-0.39, 0.29) is 17.9 Å². The zero-order chi connectivity index (χ0) is 14.1. The quantitative estimate of drug-likeness (QED) is 0.677. The van der Waals surface area contributed by atoms with Crippen LogP contribution in [0.15, 0.2) is 0 Å². The van der Waals surface area contributed by atoms with Crippen LogP contribution in [0.1, 0.15) is 46.0 Å². The first-order chi connectivity index (χ1) is 9.15. The predicted molar refractivity (Wildman–Crippen MR) is 73.8 cm³/mol.